The van der Waals surface area contributed by atoms with Crippen LogP contribution in [0.15, 0.2) is 48.0 Å². The summed E-state index contributed by atoms with van der Waals surface area (Å²) in [5.74, 6) is -0.645. The first-order valence-electron chi connectivity index (χ1n) is 9.49. The van der Waals surface area contributed by atoms with Gasteiger partial charge in [0.2, 0.25) is 0 Å². The second-order valence-electron chi connectivity index (χ2n) is 6.97. The van der Waals surface area contributed by atoms with Crippen LogP contribution >= 0.6 is 0 Å². The second-order valence-corrected chi connectivity index (χ2v) is 6.97. The number of methoxy groups -OCH3 is 3. The summed E-state index contributed by atoms with van der Waals surface area (Å²) < 4.78 is 15.8. The van der Waals surface area contributed by atoms with Crippen molar-refractivity contribution in [3.8, 4) is 11.5 Å². The van der Waals surface area contributed by atoms with Crippen LogP contribution in [0.5, 0.6) is 11.5 Å². The first-order valence-corrected chi connectivity index (χ1v) is 9.49. The monoisotopic (exact) mass is 411 g/mol. The molecule has 0 aromatic heterocycles. The highest BCUT2D eigenvalue weighted by molar-refractivity contribution is 6.46. The average molecular weight is 411 g/mol. The zero-order chi connectivity index (χ0) is 21.8. The maximum absolute atomic E-state index is 12.9. The number of ketones is 1. The van der Waals surface area contributed by atoms with Crippen molar-refractivity contribution >= 4 is 17.4 Å². The molecule has 0 unspecified atom stereocenters. The minimum Gasteiger partial charge on any atom is -0.507 e. The van der Waals surface area contributed by atoms with Crippen LogP contribution in [0, 0.1) is 6.92 Å². The second kappa shape index (κ2) is 9.00. The molecule has 0 bridgehead atoms. The van der Waals surface area contributed by atoms with Gasteiger partial charge in [-0.3, -0.25) is 9.59 Å². The number of aryl methyl sites for hydroxylation is 1. The molecule has 1 fully saturated rings. The van der Waals surface area contributed by atoms with E-state index in [1.807, 2.05) is 19.1 Å². The summed E-state index contributed by atoms with van der Waals surface area (Å²) in [5, 5.41) is 11.0. The molecule has 0 aliphatic carbocycles. The first-order chi connectivity index (χ1) is 14.4. The smallest absolute Gasteiger partial charge is 0.295 e. The molecular weight excluding hydrogens is 386 g/mol. The molecule has 2 aromatic rings. The van der Waals surface area contributed by atoms with E-state index in [-0.39, 0.29) is 24.5 Å². The van der Waals surface area contributed by atoms with Crippen LogP contribution in [0.1, 0.15) is 22.7 Å². The predicted octanol–water partition coefficient (Wildman–Crippen LogP) is 3.08. The number of hydrogen-bond donors (Lipinski definition) is 1. The van der Waals surface area contributed by atoms with Gasteiger partial charge in [-0.2, -0.15) is 0 Å². The summed E-state index contributed by atoms with van der Waals surface area (Å²) in [6.07, 6.45) is 0. The number of aliphatic hydroxyl groups excluding tert-OH is 1. The minimum atomic E-state index is -0.777. The van der Waals surface area contributed by atoms with E-state index < -0.39 is 17.7 Å². The largest absolute Gasteiger partial charge is 0.507 e. The van der Waals surface area contributed by atoms with Crippen molar-refractivity contribution in [3.05, 3.63) is 64.7 Å². The van der Waals surface area contributed by atoms with Crippen LogP contribution in [0.25, 0.3) is 5.76 Å². The molecule has 1 heterocycles. The minimum absolute atomic E-state index is 0.0344. The zero-order valence-corrected chi connectivity index (χ0v) is 17.5. The van der Waals surface area contributed by atoms with Crippen LogP contribution in [0.3, 0.4) is 0 Å². The highest BCUT2D eigenvalue weighted by Gasteiger charge is 2.46. The van der Waals surface area contributed by atoms with Crippen molar-refractivity contribution in [2.75, 3.05) is 34.5 Å². The van der Waals surface area contributed by atoms with E-state index in [9.17, 15) is 14.7 Å². The zero-order valence-electron chi connectivity index (χ0n) is 17.5. The third kappa shape index (κ3) is 3.89. The third-order valence-corrected chi connectivity index (χ3v) is 5.12. The normalized spacial score (nSPS) is 18.0. The van der Waals surface area contributed by atoms with Crippen molar-refractivity contribution in [1.29, 1.82) is 0 Å². The number of hydrogen-bond acceptors (Lipinski definition) is 6. The maximum atomic E-state index is 12.9. The molecule has 30 heavy (non-hydrogen) atoms. The quantitative estimate of drug-likeness (QED) is 0.428. The molecule has 0 saturated carbocycles. The van der Waals surface area contributed by atoms with E-state index in [4.69, 9.17) is 14.2 Å². The number of Topliss-reactive ketones (excluding diaryl/α,β-unsaturated/α-hetero) is 1. The van der Waals surface area contributed by atoms with Crippen molar-refractivity contribution < 1.29 is 28.9 Å². The van der Waals surface area contributed by atoms with Gasteiger partial charge < -0.3 is 24.2 Å². The predicted molar refractivity (Wildman–Crippen MR) is 112 cm³/mol. The van der Waals surface area contributed by atoms with Crippen LogP contribution in [0.2, 0.25) is 0 Å². The summed E-state index contributed by atoms with van der Waals surface area (Å²) in [4.78, 5) is 27.1. The maximum Gasteiger partial charge on any atom is 0.295 e. The van der Waals surface area contributed by atoms with E-state index in [2.05, 4.69) is 0 Å². The van der Waals surface area contributed by atoms with E-state index in [0.717, 1.165) is 5.56 Å². The van der Waals surface area contributed by atoms with Crippen molar-refractivity contribution in [3.63, 3.8) is 0 Å². The number of likely N-dealkylation sites (tertiary alicyclic amines) is 1. The number of rotatable bonds is 7. The molecule has 0 spiro atoms. The first kappa shape index (κ1) is 21.4. The molecule has 0 radical (unpaired) electrons. The molecule has 1 aliphatic rings. The SMILES string of the molecule is COCCN1C(=O)C(=O)/C(=C(/O)c2ccc(C)cc2)[C@H]1c1ccc(OC)c(OC)c1. The van der Waals surface area contributed by atoms with Gasteiger partial charge in [-0.05, 0) is 24.6 Å². The summed E-state index contributed by atoms with van der Waals surface area (Å²) in [6, 6.07) is 11.5. The Morgan fingerprint density at radius 2 is 1.67 bits per heavy atom. The molecule has 158 valence electrons. The van der Waals surface area contributed by atoms with Gasteiger partial charge in [0, 0.05) is 19.2 Å². The van der Waals surface area contributed by atoms with Gasteiger partial charge in [-0.15, -0.1) is 0 Å². The Kier molecular flexibility index (Phi) is 6.42. The van der Waals surface area contributed by atoms with E-state index in [0.29, 0.717) is 22.6 Å². The molecule has 1 amide bonds. The number of carbonyl (C=O) groups is 2. The van der Waals surface area contributed by atoms with Gasteiger partial charge in [0.25, 0.3) is 11.7 Å². The number of ether oxygens (including phenoxy) is 3. The van der Waals surface area contributed by atoms with Gasteiger partial charge in [0.1, 0.15) is 5.76 Å². The fourth-order valence-corrected chi connectivity index (χ4v) is 3.54. The molecule has 3 rings (SSSR count). The molecule has 7 heteroatoms. The Balaban J connectivity index is 2.18. The van der Waals surface area contributed by atoms with Crippen LogP contribution in [-0.4, -0.2) is 56.2 Å². The Morgan fingerprint density at radius 3 is 2.27 bits per heavy atom. The molecular formula is C23H25NO6. The van der Waals surface area contributed by atoms with Crippen LogP contribution in [-0.2, 0) is 14.3 Å². The summed E-state index contributed by atoms with van der Waals surface area (Å²) in [7, 11) is 4.56. The standard InChI is InChI=1S/C23H25NO6/c1-14-5-7-15(8-6-14)21(25)19-20(24(11-12-28-2)23(27)22(19)26)16-9-10-17(29-3)18(13-16)30-4/h5-10,13,20,25H,11-12H2,1-4H3/b21-19+/t20-/m1/s1. The molecule has 2 aromatic carbocycles. The van der Waals surface area contributed by atoms with Crippen LogP contribution in [0.4, 0.5) is 0 Å². The lowest BCUT2D eigenvalue weighted by Gasteiger charge is -2.25. The summed E-state index contributed by atoms with van der Waals surface area (Å²) >= 11 is 0. The lowest BCUT2D eigenvalue weighted by Crippen LogP contribution is -2.32. The fourth-order valence-electron chi connectivity index (χ4n) is 3.54. The van der Waals surface area contributed by atoms with Gasteiger partial charge in [0.15, 0.2) is 11.5 Å². The molecule has 1 saturated heterocycles. The van der Waals surface area contributed by atoms with Crippen LogP contribution < -0.4 is 9.47 Å². The van der Waals surface area contributed by atoms with E-state index in [1.54, 1.807) is 30.3 Å². The van der Waals surface area contributed by atoms with Gasteiger partial charge in [-0.25, -0.2) is 0 Å². The van der Waals surface area contributed by atoms with Crippen molar-refractivity contribution in [1.82, 2.24) is 4.90 Å². The molecule has 1 aliphatic heterocycles. The number of amides is 1. The fraction of sp³-hybridized carbons (Fsp3) is 0.304. The summed E-state index contributed by atoms with van der Waals surface area (Å²) in [6.45, 7) is 2.38. The molecule has 7 nitrogen and oxygen atoms in total. The number of nitrogens with zero attached hydrogens (tertiary/aromatic N) is 1. The van der Waals surface area contributed by atoms with Crippen molar-refractivity contribution in [2.45, 2.75) is 13.0 Å². The molecule has 1 N–H and O–H groups in total. The lowest BCUT2D eigenvalue weighted by atomic mass is 9.94. The van der Waals surface area contributed by atoms with Crippen molar-refractivity contribution in [2.24, 2.45) is 0 Å². The van der Waals surface area contributed by atoms with E-state index >= 15 is 0 Å². The molecule has 1 atom stereocenters. The Morgan fingerprint density at radius 1 is 1.00 bits per heavy atom. The van der Waals surface area contributed by atoms with Gasteiger partial charge in [0.05, 0.1) is 32.4 Å². The average Bonchev–Trinajstić information content (AvgIpc) is 3.01. The van der Waals surface area contributed by atoms with E-state index in [1.165, 1.54) is 26.2 Å². The van der Waals surface area contributed by atoms with Gasteiger partial charge >= 0.3 is 0 Å². The Bertz CT molecular complexity index is 980. The highest BCUT2D eigenvalue weighted by atomic mass is 16.5. The topological polar surface area (TPSA) is 85.3 Å². The number of aliphatic hydroxyl groups is 1. The Hall–Kier alpha value is -3.32. The Labute approximate surface area is 175 Å². The third-order valence-electron chi connectivity index (χ3n) is 5.12. The van der Waals surface area contributed by atoms with Gasteiger partial charge in [-0.1, -0.05) is 35.9 Å². The highest BCUT2D eigenvalue weighted by Crippen LogP contribution is 2.41. The number of carbonyl (C=O) groups excluding carboxylic acids is 2. The lowest BCUT2D eigenvalue weighted by molar-refractivity contribution is -0.140. The number of benzene rings is 2. The summed E-state index contributed by atoms with van der Waals surface area (Å²) in [5.41, 5.74) is 2.14.